The number of carbonyl (C=O) groups excluding carboxylic acids is 1. The molecule has 9 atom stereocenters. The molecule has 2 N–H and O–H groups in total. The second kappa shape index (κ2) is 8.08. The minimum atomic E-state index is -0.675. The molecule has 0 saturated heterocycles. The molecule has 0 aromatic rings. The number of aliphatic hydroxyl groups excluding tert-OH is 1. The van der Waals surface area contributed by atoms with Crippen molar-refractivity contribution in [2.75, 3.05) is 0 Å². The number of aliphatic carboxylic acids is 1. The zero-order valence-corrected chi connectivity index (χ0v) is 24.4. The fourth-order valence-corrected chi connectivity index (χ4v) is 11.2. The molecule has 0 aromatic heterocycles. The summed E-state index contributed by atoms with van der Waals surface area (Å²) in [6, 6.07) is 0. The molecule has 0 heterocycles. The van der Waals surface area contributed by atoms with E-state index in [-0.39, 0.29) is 39.0 Å². The molecule has 0 aliphatic heterocycles. The van der Waals surface area contributed by atoms with Crippen LogP contribution in [0.3, 0.4) is 0 Å². The topological polar surface area (TPSA) is 83.8 Å². The lowest BCUT2D eigenvalue weighted by molar-refractivity contribution is -0.239. The standard InChI is InChI=1S/C32H50O5/c1-19(33)37-25-22(34)18-29(6)23(28(25,4)5)11-12-31(8)24(29)10-9-20-21-17-27(2,3)13-15-32(21,26(35)36)16-14-30(20,31)7/h9,21-25,34H,10-18H2,1-8H3,(H,35,36)/t21-,22+,23+,24+,25-,29-,30+,31+,32-/m0/s1. The number of hydrogen-bond donors (Lipinski definition) is 2. The van der Waals surface area contributed by atoms with Crippen LogP contribution in [0, 0.1) is 50.2 Å². The molecule has 0 unspecified atom stereocenters. The van der Waals surface area contributed by atoms with Crippen LogP contribution in [-0.4, -0.2) is 34.4 Å². The first-order valence-electron chi connectivity index (χ1n) is 14.7. The van der Waals surface area contributed by atoms with E-state index in [9.17, 15) is 19.8 Å². The Morgan fingerprint density at radius 1 is 0.919 bits per heavy atom. The van der Waals surface area contributed by atoms with Crippen LogP contribution in [0.15, 0.2) is 11.6 Å². The second-order valence-corrected chi connectivity index (χ2v) is 15.8. The zero-order valence-electron chi connectivity index (χ0n) is 24.4. The predicted octanol–water partition coefficient (Wildman–Crippen LogP) is 6.78. The lowest BCUT2D eigenvalue weighted by atomic mass is 9.33. The lowest BCUT2D eigenvalue weighted by Crippen LogP contribution is -2.67. The van der Waals surface area contributed by atoms with Crippen molar-refractivity contribution in [2.24, 2.45) is 50.2 Å². The second-order valence-electron chi connectivity index (χ2n) is 15.8. The van der Waals surface area contributed by atoms with Gasteiger partial charge in [0.1, 0.15) is 6.10 Å². The average molecular weight is 515 g/mol. The molecular weight excluding hydrogens is 464 g/mol. The van der Waals surface area contributed by atoms with Gasteiger partial charge in [-0.25, -0.2) is 0 Å². The van der Waals surface area contributed by atoms with Gasteiger partial charge in [-0.05, 0) is 97.2 Å². The van der Waals surface area contributed by atoms with Gasteiger partial charge in [0.2, 0.25) is 0 Å². The summed E-state index contributed by atoms with van der Waals surface area (Å²) in [5, 5.41) is 21.9. The highest BCUT2D eigenvalue weighted by Crippen LogP contribution is 2.75. The number of carboxylic acids is 1. The number of esters is 1. The van der Waals surface area contributed by atoms with Crippen LogP contribution >= 0.6 is 0 Å². The highest BCUT2D eigenvalue weighted by molar-refractivity contribution is 5.76. The van der Waals surface area contributed by atoms with Crippen molar-refractivity contribution in [1.29, 1.82) is 0 Å². The van der Waals surface area contributed by atoms with Gasteiger partial charge in [0.05, 0.1) is 11.5 Å². The van der Waals surface area contributed by atoms with E-state index >= 15 is 0 Å². The number of carboxylic acid groups (broad SMARTS) is 1. The molecule has 0 aromatic carbocycles. The SMILES string of the molecule is CC(=O)O[C@H]1[C@H](O)C[C@@]2(C)[C@H](CC[C@]3(C)[C@@H]2CC=C2[C@@H]4CC(C)(C)CC[C@]4(C(=O)O)CC[C@]23C)C1(C)C. The Labute approximate surface area is 223 Å². The molecule has 37 heavy (non-hydrogen) atoms. The van der Waals surface area contributed by atoms with E-state index in [2.05, 4.69) is 54.5 Å². The molecule has 4 saturated carbocycles. The molecule has 5 aliphatic rings. The van der Waals surface area contributed by atoms with Crippen LogP contribution in [0.2, 0.25) is 0 Å². The number of hydrogen-bond acceptors (Lipinski definition) is 4. The van der Waals surface area contributed by atoms with E-state index in [1.54, 1.807) is 0 Å². The summed E-state index contributed by atoms with van der Waals surface area (Å²) in [7, 11) is 0. The molecule has 0 bridgehead atoms. The Hall–Kier alpha value is -1.36. The lowest BCUT2D eigenvalue weighted by Gasteiger charge is -2.71. The minimum absolute atomic E-state index is 0.0389. The zero-order chi connectivity index (χ0) is 27.4. The molecule has 0 amide bonds. The van der Waals surface area contributed by atoms with Gasteiger partial charge in [-0.2, -0.15) is 0 Å². The maximum Gasteiger partial charge on any atom is 0.310 e. The summed E-state index contributed by atoms with van der Waals surface area (Å²) in [5.74, 6) is -0.0583. The van der Waals surface area contributed by atoms with Crippen molar-refractivity contribution in [1.82, 2.24) is 0 Å². The van der Waals surface area contributed by atoms with Crippen LogP contribution in [-0.2, 0) is 14.3 Å². The smallest absolute Gasteiger partial charge is 0.310 e. The third-order valence-electron chi connectivity index (χ3n) is 13.3. The van der Waals surface area contributed by atoms with Crippen LogP contribution in [0.4, 0.5) is 0 Å². The van der Waals surface area contributed by atoms with Gasteiger partial charge in [0, 0.05) is 12.3 Å². The van der Waals surface area contributed by atoms with Crippen LogP contribution in [0.5, 0.6) is 0 Å². The summed E-state index contributed by atoms with van der Waals surface area (Å²) in [6.07, 6.45) is 9.46. The number of rotatable bonds is 2. The van der Waals surface area contributed by atoms with Gasteiger partial charge >= 0.3 is 11.9 Å². The van der Waals surface area contributed by atoms with Gasteiger partial charge < -0.3 is 14.9 Å². The van der Waals surface area contributed by atoms with Crippen LogP contribution in [0.25, 0.3) is 0 Å². The van der Waals surface area contributed by atoms with Crippen molar-refractivity contribution in [3.63, 3.8) is 0 Å². The van der Waals surface area contributed by atoms with E-state index in [0.717, 1.165) is 51.4 Å². The van der Waals surface area contributed by atoms with Gasteiger partial charge in [-0.1, -0.05) is 60.1 Å². The first kappa shape index (κ1) is 27.2. The Morgan fingerprint density at radius 3 is 2.19 bits per heavy atom. The van der Waals surface area contributed by atoms with Crippen molar-refractivity contribution in [2.45, 2.75) is 125 Å². The molecule has 5 rings (SSSR count). The maximum absolute atomic E-state index is 12.8. The monoisotopic (exact) mass is 514 g/mol. The van der Waals surface area contributed by atoms with Gasteiger partial charge in [-0.15, -0.1) is 0 Å². The quantitative estimate of drug-likeness (QED) is 0.314. The van der Waals surface area contributed by atoms with Gasteiger partial charge in [0.15, 0.2) is 0 Å². The van der Waals surface area contributed by atoms with Crippen molar-refractivity contribution < 1.29 is 24.5 Å². The first-order chi connectivity index (χ1) is 16.9. The third kappa shape index (κ3) is 3.50. The van der Waals surface area contributed by atoms with Crippen molar-refractivity contribution in [3.05, 3.63) is 11.6 Å². The van der Waals surface area contributed by atoms with E-state index in [1.807, 2.05) is 0 Å². The Balaban J connectivity index is 1.57. The largest absolute Gasteiger partial charge is 0.481 e. The summed E-state index contributed by atoms with van der Waals surface area (Å²) < 4.78 is 5.74. The Morgan fingerprint density at radius 2 is 1.57 bits per heavy atom. The molecule has 0 spiro atoms. The number of allylic oxidation sites excluding steroid dienone is 2. The third-order valence-corrected chi connectivity index (χ3v) is 13.3. The van der Waals surface area contributed by atoms with E-state index in [4.69, 9.17) is 4.74 Å². The van der Waals surface area contributed by atoms with Crippen molar-refractivity contribution >= 4 is 11.9 Å². The normalized spacial score (nSPS) is 49.9. The number of carbonyl (C=O) groups is 2. The number of ether oxygens (including phenoxy) is 1. The van der Waals surface area contributed by atoms with Crippen LogP contribution in [0.1, 0.15) is 113 Å². The summed E-state index contributed by atoms with van der Waals surface area (Å²) in [6.45, 7) is 17.8. The maximum atomic E-state index is 12.8. The molecular formula is C32H50O5. The van der Waals surface area contributed by atoms with E-state index in [1.165, 1.54) is 12.5 Å². The summed E-state index contributed by atoms with van der Waals surface area (Å²) in [5.41, 5.74) is 0.580. The van der Waals surface area contributed by atoms with Gasteiger partial charge in [0.25, 0.3) is 0 Å². The van der Waals surface area contributed by atoms with Gasteiger partial charge in [-0.3, -0.25) is 9.59 Å². The molecule has 5 heteroatoms. The molecule has 5 nitrogen and oxygen atoms in total. The van der Waals surface area contributed by atoms with Crippen LogP contribution < -0.4 is 0 Å². The Kier molecular flexibility index (Phi) is 5.95. The Bertz CT molecular complexity index is 1030. The minimum Gasteiger partial charge on any atom is -0.481 e. The average Bonchev–Trinajstić information content (AvgIpc) is 2.76. The molecule has 208 valence electrons. The fourth-order valence-electron chi connectivity index (χ4n) is 11.2. The highest BCUT2D eigenvalue weighted by Gasteiger charge is 2.70. The molecule has 4 fully saturated rings. The number of fused-ring (bicyclic) bond motifs is 7. The highest BCUT2D eigenvalue weighted by atomic mass is 16.6. The summed E-state index contributed by atoms with van der Waals surface area (Å²) >= 11 is 0. The van der Waals surface area contributed by atoms with Crippen molar-refractivity contribution in [3.8, 4) is 0 Å². The fraction of sp³-hybridized carbons (Fsp3) is 0.875. The number of aliphatic hydroxyl groups is 1. The van der Waals surface area contributed by atoms with E-state index < -0.39 is 23.6 Å². The summed E-state index contributed by atoms with van der Waals surface area (Å²) in [4.78, 5) is 24.7. The molecule has 0 radical (unpaired) electrons. The first-order valence-corrected chi connectivity index (χ1v) is 14.7. The van der Waals surface area contributed by atoms with E-state index in [0.29, 0.717) is 18.3 Å². The molecule has 5 aliphatic carbocycles. The predicted molar refractivity (Wildman–Crippen MR) is 144 cm³/mol.